The Kier molecular flexibility index (Phi) is 6.72. The predicted octanol–water partition coefficient (Wildman–Crippen LogP) is 2.36. The Hall–Kier alpha value is -2.04. The second kappa shape index (κ2) is 8.29. The zero-order chi connectivity index (χ0) is 15.8. The van der Waals surface area contributed by atoms with Gasteiger partial charge in [0.15, 0.2) is 0 Å². The summed E-state index contributed by atoms with van der Waals surface area (Å²) in [6.45, 7) is 6.76. The molecule has 1 rings (SSSR count). The highest BCUT2D eigenvalue weighted by atomic mass is 16.5. The Morgan fingerprint density at radius 3 is 2.33 bits per heavy atom. The maximum absolute atomic E-state index is 12.1. The molecule has 0 spiro atoms. The number of carbonyl (C=O) groups is 2. The van der Waals surface area contributed by atoms with E-state index in [2.05, 4.69) is 13.8 Å². The van der Waals surface area contributed by atoms with E-state index in [-0.39, 0.29) is 12.5 Å². The number of ether oxygens (including phenoxy) is 2. The molecule has 21 heavy (non-hydrogen) atoms. The molecule has 0 unspecified atom stereocenters. The van der Waals surface area contributed by atoms with E-state index in [1.807, 2.05) is 0 Å². The number of likely N-dealkylation sites (N-methyl/N-ethyl adjacent to an activating group) is 1. The van der Waals surface area contributed by atoms with Crippen molar-refractivity contribution in [3.05, 3.63) is 29.8 Å². The fourth-order valence-corrected chi connectivity index (χ4v) is 1.65. The summed E-state index contributed by atoms with van der Waals surface area (Å²) in [7, 11) is 1.57. The Labute approximate surface area is 125 Å². The molecule has 1 aromatic carbocycles. The molecule has 0 aromatic heterocycles. The van der Waals surface area contributed by atoms with E-state index in [1.165, 1.54) is 4.90 Å². The van der Waals surface area contributed by atoms with E-state index < -0.39 is 5.97 Å². The van der Waals surface area contributed by atoms with Gasteiger partial charge in [-0.25, -0.2) is 0 Å². The summed E-state index contributed by atoms with van der Waals surface area (Å²) in [6.07, 6.45) is 0. The minimum absolute atomic E-state index is 0.0573. The second-order valence-electron chi connectivity index (χ2n) is 5.20. The molecule has 0 radical (unpaired) electrons. The lowest BCUT2D eigenvalue weighted by Gasteiger charge is -2.16. The maximum Gasteiger partial charge on any atom is 0.325 e. The van der Waals surface area contributed by atoms with Gasteiger partial charge in [-0.2, -0.15) is 0 Å². The summed E-state index contributed by atoms with van der Waals surface area (Å²) in [5.74, 6) is 0.541. The van der Waals surface area contributed by atoms with Crippen LogP contribution in [-0.4, -0.2) is 43.6 Å². The molecule has 0 saturated heterocycles. The van der Waals surface area contributed by atoms with Crippen molar-refractivity contribution < 1.29 is 19.1 Å². The second-order valence-corrected chi connectivity index (χ2v) is 5.20. The number of benzene rings is 1. The van der Waals surface area contributed by atoms with Gasteiger partial charge in [0, 0.05) is 12.6 Å². The van der Waals surface area contributed by atoms with Gasteiger partial charge in [-0.3, -0.25) is 9.59 Å². The van der Waals surface area contributed by atoms with Crippen molar-refractivity contribution in [3.63, 3.8) is 0 Å². The first kappa shape index (κ1) is 17.0. The first-order chi connectivity index (χ1) is 9.93. The van der Waals surface area contributed by atoms with Crippen LogP contribution in [0.1, 0.15) is 31.1 Å². The minimum Gasteiger partial charge on any atom is -0.493 e. The van der Waals surface area contributed by atoms with Crippen LogP contribution in [0.15, 0.2) is 24.3 Å². The molecule has 1 aromatic rings. The normalized spacial score (nSPS) is 10.3. The van der Waals surface area contributed by atoms with Crippen LogP contribution >= 0.6 is 0 Å². The summed E-state index contributed by atoms with van der Waals surface area (Å²) >= 11 is 0. The molecule has 0 saturated carbocycles. The highest BCUT2D eigenvalue weighted by Gasteiger charge is 2.15. The van der Waals surface area contributed by atoms with Gasteiger partial charge in [-0.05, 0) is 37.1 Å². The van der Waals surface area contributed by atoms with Crippen molar-refractivity contribution in [2.24, 2.45) is 5.92 Å². The van der Waals surface area contributed by atoms with Crippen LogP contribution in [0.4, 0.5) is 0 Å². The fraction of sp³-hybridized carbons (Fsp3) is 0.500. The predicted molar refractivity (Wildman–Crippen MR) is 80.4 cm³/mol. The van der Waals surface area contributed by atoms with E-state index in [9.17, 15) is 9.59 Å². The standard InChI is InChI=1S/C16H23NO4/c1-5-20-15(18)10-17(4)16(19)13-6-8-14(9-7-13)21-11-12(2)3/h6-9,12H,5,10-11H2,1-4H3. The van der Waals surface area contributed by atoms with Gasteiger partial charge in [0.1, 0.15) is 12.3 Å². The quantitative estimate of drug-likeness (QED) is 0.724. The monoisotopic (exact) mass is 293 g/mol. The molecular formula is C16H23NO4. The van der Waals surface area contributed by atoms with E-state index in [4.69, 9.17) is 9.47 Å². The largest absolute Gasteiger partial charge is 0.493 e. The van der Waals surface area contributed by atoms with E-state index >= 15 is 0 Å². The molecular weight excluding hydrogens is 270 g/mol. The third-order valence-electron chi connectivity index (χ3n) is 2.70. The summed E-state index contributed by atoms with van der Waals surface area (Å²) in [5, 5.41) is 0. The first-order valence-corrected chi connectivity index (χ1v) is 7.08. The Bertz CT molecular complexity index is 468. The molecule has 0 aliphatic carbocycles. The summed E-state index contributed by atoms with van der Waals surface area (Å²) in [4.78, 5) is 24.8. The van der Waals surface area contributed by atoms with Crippen LogP contribution < -0.4 is 4.74 Å². The Morgan fingerprint density at radius 1 is 1.19 bits per heavy atom. The topological polar surface area (TPSA) is 55.8 Å². The number of hydrogen-bond acceptors (Lipinski definition) is 4. The average molecular weight is 293 g/mol. The molecule has 0 fully saturated rings. The molecule has 0 atom stereocenters. The lowest BCUT2D eigenvalue weighted by Crippen LogP contribution is -2.33. The molecule has 5 heteroatoms. The smallest absolute Gasteiger partial charge is 0.325 e. The number of nitrogens with zero attached hydrogens (tertiary/aromatic N) is 1. The average Bonchev–Trinajstić information content (AvgIpc) is 2.45. The number of esters is 1. The van der Waals surface area contributed by atoms with Gasteiger partial charge in [0.05, 0.1) is 13.2 Å². The summed E-state index contributed by atoms with van der Waals surface area (Å²) in [6, 6.07) is 6.90. The van der Waals surface area contributed by atoms with Crippen molar-refractivity contribution in [2.45, 2.75) is 20.8 Å². The molecule has 1 amide bonds. The molecule has 0 N–H and O–H groups in total. The number of carbonyl (C=O) groups excluding carboxylic acids is 2. The van der Waals surface area contributed by atoms with Crippen molar-refractivity contribution in [1.29, 1.82) is 0 Å². The molecule has 0 aliphatic rings. The van der Waals surface area contributed by atoms with E-state index in [0.29, 0.717) is 24.7 Å². The zero-order valence-corrected chi connectivity index (χ0v) is 13.1. The lowest BCUT2D eigenvalue weighted by atomic mass is 10.2. The minimum atomic E-state index is -0.412. The molecule has 0 aliphatic heterocycles. The maximum atomic E-state index is 12.1. The van der Waals surface area contributed by atoms with Gasteiger partial charge < -0.3 is 14.4 Å². The number of hydrogen-bond donors (Lipinski definition) is 0. The fourth-order valence-electron chi connectivity index (χ4n) is 1.65. The van der Waals surface area contributed by atoms with Crippen molar-refractivity contribution in [1.82, 2.24) is 4.90 Å². The van der Waals surface area contributed by atoms with Crippen LogP contribution in [0.5, 0.6) is 5.75 Å². The molecule has 0 heterocycles. The third kappa shape index (κ3) is 5.85. The Morgan fingerprint density at radius 2 is 1.81 bits per heavy atom. The van der Waals surface area contributed by atoms with E-state index in [1.54, 1.807) is 38.2 Å². The van der Waals surface area contributed by atoms with Crippen molar-refractivity contribution >= 4 is 11.9 Å². The van der Waals surface area contributed by atoms with Crippen LogP contribution in [0, 0.1) is 5.92 Å². The number of rotatable bonds is 7. The van der Waals surface area contributed by atoms with Crippen LogP contribution in [-0.2, 0) is 9.53 Å². The van der Waals surface area contributed by atoms with Gasteiger partial charge in [-0.1, -0.05) is 13.8 Å². The SMILES string of the molecule is CCOC(=O)CN(C)C(=O)c1ccc(OCC(C)C)cc1. The van der Waals surface area contributed by atoms with Crippen LogP contribution in [0.2, 0.25) is 0 Å². The summed E-state index contributed by atoms with van der Waals surface area (Å²) in [5.41, 5.74) is 0.513. The van der Waals surface area contributed by atoms with Crippen LogP contribution in [0.25, 0.3) is 0 Å². The lowest BCUT2D eigenvalue weighted by molar-refractivity contribution is -0.143. The van der Waals surface area contributed by atoms with Gasteiger partial charge in [0.2, 0.25) is 0 Å². The third-order valence-corrected chi connectivity index (χ3v) is 2.70. The van der Waals surface area contributed by atoms with Gasteiger partial charge in [0.25, 0.3) is 5.91 Å². The first-order valence-electron chi connectivity index (χ1n) is 7.08. The van der Waals surface area contributed by atoms with Crippen LogP contribution in [0.3, 0.4) is 0 Å². The zero-order valence-electron chi connectivity index (χ0n) is 13.1. The van der Waals surface area contributed by atoms with Gasteiger partial charge in [-0.15, -0.1) is 0 Å². The number of amides is 1. The Balaban J connectivity index is 2.59. The van der Waals surface area contributed by atoms with Crippen molar-refractivity contribution in [3.8, 4) is 5.75 Å². The summed E-state index contributed by atoms with van der Waals surface area (Å²) < 4.78 is 10.4. The van der Waals surface area contributed by atoms with E-state index in [0.717, 1.165) is 5.75 Å². The van der Waals surface area contributed by atoms with Gasteiger partial charge >= 0.3 is 5.97 Å². The highest BCUT2D eigenvalue weighted by molar-refractivity contribution is 5.95. The van der Waals surface area contributed by atoms with Crippen molar-refractivity contribution in [2.75, 3.05) is 26.8 Å². The highest BCUT2D eigenvalue weighted by Crippen LogP contribution is 2.14. The molecule has 5 nitrogen and oxygen atoms in total. The molecule has 0 bridgehead atoms. The molecule has 116 valence electrons.